The summed E-state index contributed by atoms with van der Waals surface area (Å²) < 4.78 is 0. The number of thiophene rings is 1. The van der Waals surface area contributed by atoms with Crippen molar-refractivity contribution >= 4 is 29.3 Å². The molecule has 1 aromatic heterocycles. The third-order valence-electron chi connectivity index (χ3n) is 1.47. The van der Waals surface area contributed by atoms with E-state index >= 15 is 0 Å². The van der Waals surface area contributed by atoms with Gasteiger partial charge in [-0.2, -0.15) is 4.99 Å². The fourth-order valence-corrected chi connectivity index (χ4v) is 1.57. The summed E-state index contributed by atoms with van der Waals surface area (Å²) in [6, 6.07) is 3.83. The molecule has 0 aliphatic rings. The lowest BCUT2D eigenvalue weighted by Gasteiger charge is -1.94. The number of guanidine groups is 1. The maximum absolute atomic E-state index is 11.3. The van der Waals surface area contributed by atoms with Gasteiger partial charge in [0, 0.05) is 10.5 Å². The Balaban J connectivity index is 2.80. The van der Waals surface area contributed by atoms with Gasteiger partial charge >= 0.3 is 0 Å². The average molecular weight is 209 g/mol. The SMILES string of the molecule is C/C(=C\c1cccs1)C(=O)N=C(N)N. The van der Waals surface area contributed by atoms with E-state index in [0.717, 1.165) is 4.88 Å². The highest BCUT2D eigenvalue weighted by atomic mass is 32.1. The number of rotatable bonds is 2. The van der Waals surface area contributed by atoms with Crippen molar-refractivity contribution in [2.75, 3.05) is 0 Å². The Morgan fingerprint density at radius 1 is 1.57 bits per heavy atom. The molecule has 0 saturated heterocycles. The molecule has 5 heteroatoms. The fraction of sp³-hybridized carbons (Fsp3) is 0.111. The Bertz CT molecular complexity index is 375. The van der Waals surface area contributed by atoms with Gasteiger partial charge in [-0.1, -0.05) is 6.07 Å². The molecule has 74 valence electrons. The normalized spacial score (nSPS) is 11.1. The molecule has 0 saturated carbocycles. The van der Waals surface area contributed by atoms with Crippen LogP contribution < -0.4 is 11.5 Å². The number of hydrogen-bond acceptors (Lipinski definition) is 2. The molecule has 0 radical (unpaired) electrons. The van der Waals surface area contributed by atoms with Gasteiger partial charge in [-0.15, -0.1) is 11.3 Å². The molecule has 0 bridgehead atoms. The monoisotopic (exact) mass is 209 g/mol. The smallest absolute Gasteiger partial charge is 0.275 e. The zero-order chi connectivity index (χ0) is 10.6. The van der Waals surface area contributed by atoms with E-state index < -0.39 is 5.91 Å². The maximum atomic E-state index is 11.3. The molecule has 0 spiro atoms. The quantitative estimate of drug-likeness (QED) is 0.432. The topological polar surface area (TPSA) is 81.5 Å². The minimum atomic E-state index is -0.404. The predicted molar refractivity (Wildman–Crippen MR) is 58.8 cm³/mol. The van der Waals surface area contributed by atoms with Crippen molar-refractivity contribution in [2.24, 2.45) is 16.5 Å². The first kappa shape index (κ1) is 10.5. The predicted octanol–water partition coefficient (Wildman–Crippen LogP) is 0.951. The van der Waals surface area contributed by atoms with E-state index in [1.807, 2.05) is 17.5 Å². The first-order valence-electron chi connectivity index (χ1n) is 3.95. The molecule has 0 atom stereocenters. The van der Waals surface area contributed by atoms with E-state index in [4.69, 9.17) is 11.5 Å². The third kappa shape index (κ3) is 3.02. The van der Waals surface area contributed by atoms with E-state index in [2.05, 4.69) is 4.99 Å². The lowest BCUT2D eigenvalue weighted by Crippen LogP contribution is -2.24. The molecule has 0 aromatic carbocycles. The molecule has 1 rings (SSSR count). The Labute approximate surface area is 85.9 Å². The molecule has 4 N–H and O–H groups in total. The van der Waals surface area contributed by atoms with Gasteiger partial charge in [0.1, 0.15) is 0 Å². The van der Waals surface area contributed by atoms with Gasteiger partial charge in [0.15, 0.2) is 5.96 Å². The second-order valence-electron chi connectivity index (χ2n) is 2.68. The average Bonchev–Trinajstić information content (AvgIpc) is 2.55. The molecule has 1 heterocycles. The van der Waals surface area contributed by atoms with Crippen LogP contribution in [0.3, 0.4) is 0 Å². The zero-order valence-electron chi connectivity index (χ0n) is 7.73. The second-order valence-corrected chi connectivity index (χ2v) is 3.66. The summed E-state index contributed by atoms with van der Waals surface area (Å²) in [6.07, 6.45) is 1.75. The summed E-state index contributed by atoms with van der Waals surface area (Å²) in [5, 5.41) is 1.93. The zero-order valence-corrected chi connectivity index (χ0v) is 8.54. The molecular weight excluding hydrogens is 198 g/mol. The summed E-state index contributed by atoms with van der Waals surface area (Å²) in [7, 11) is 0. The fourth-order valence-electron chi connectivity index (χ4n) is 0.854. The van der Waals surface area contributed by atoms with Crippen molar-refractivity contribution in [3.63, 3.8) is 0 Å². The molecule has 1 aromatic rings. The summed E-state index contributed by atoms with van der Waals surface area (Å²) in [5.74, 6) is -0.618. The van der Waals surface area contributed by atoms with Gasteiger partial charge in [0.05, 0.1) is 0 Å². The molecule has 0 fully saturated rings. The van der Waals surface area contributed by atoms with Crippen molar-refractivity contribution in [3.8, 4) is 0 Å². The first-order valence-corrected chi connectivity index (χ1v) is 4.83. The van der Waals surface area contributed by atoms with Gasteiger partial charge in [-0.25, -0.2) is 0 Å². The Morgan fingerprint density at radius 3 is 2.79 bits per heavy atom. The van der Waals surface area contributed by atoms with Crippen molar-refractivity contribution < 1.29 is 4.79 Å². The van der Waals surface area contributed by atoms with Crippen LogP contribution in [0.4, 0.5) is 0 Å². The third-order valence-corrected chi connectivity index (χ3v) is 2.29. The van der Waals surface area contributed by atoms with E-state index in [-0.39, 0.29) is 5.96 Å². The van der Waals surface area contributed by atoms with Gasteiger partial charge < -0.3 is 11.5 Å². The van der Waals surface area contributed by atoms with Gasteiger partial charge in [0.2, 0.25) is 0 Å². The Morgan fingerprint density at radius 2 is 2.29 bits per heavy atom. The summed E-state index contributed by atoms with van der Waals surface area (Å²) >= 11 is 1.55. The van der Waals surface area contributed by atoms with E-state index in [9.17, 15) is 4.79 Å². The molecule has 0 aliphatic heterocycles. The van der Waals surface area contributed by atoms with E-state index in [0.29, 0.717) is 5.57 Å². The van der Waals surface area contributed by atoms with Crippen molar-refractivity contribution in [3.05, 3.63) is 28.0 Å². The van der Waals surface area contributed by atoms with Crippen LogP contribution in [-0.4, -0.2) is 11.9 Å². The van der Waals surface area contributed by atoms with Crippen LogP contribution in [0.25, 0.3) is 6.08 Å². The van der Waals surface area contributed by atoms with Gasteiger partial charge in [-0.3, -0.25) is 4.79 Å². The highest BCUT2D eigenvalue weighted by Crippen LogP contribution is 2.13. The minimum absolute atomic E-state index is 0.214. The number of carbonyl (C=O) groups is 1. The van der Waals surface area contributed by atoms with Gasteiger partial charge in [0.25, 0.3) is 5.91 Å². The van der Waals surface area contributed by atoms with E-state index in [1.54, 1.807) is 24.3 Å². The van der Waals surface area contributed by atoms with Crippen LogP contribution in [0.1, 0.15) is 11.8 Å². The molecule has 0 aliphatic carbocycles. The maximum Gasteiger partial charge on any atom is 0.275 e. The first-order chi connectivity index (χ1) is 6.59. The van der Waals surface area contributed by atoms with Gasteiger partial charge in [-0.05, 0) is 24.4 Å². The highest BCUT2D eigenvalue weighted by molar-refractivity contribution is 7.10. The lowest BCUT2D eigenvalue weighted by atomic mass is 10.2. The molecule has 4 nitrogen and oxygen atoms in total. The number of amides is 1. The Kier molecular flexibility index (Phi) is 3.41. The van der Waals surface area contributed by atoms with Crippen molar-refractivity contribution in [1.82, 2.24) is 0 Å². The molecule has 14 heavy (non-hydrogen) atoms. The van der Waals surface area contributed by atoms with Crippen LogP contribution in [0, 0.1) is 0 Å². The molecule has 1 amide bonds. The highest BCUT2D eigenvalue weighted by Gasteiger charge is 2.02. The number of aliphatic imine (C=N–C) groups is 1. The molecule has 0 unspecified atom stereocenters. The number of hydrogen-bond donors (Lipinski definition) is 2. The second kappa shape index (κ2) is 4.57. The van der Waals surface area contributed by atoms with Crippen LogP contribution in [0.15, 0.2) is 28.1 Å². The Hall–Kier alpha value is -1.62. The standard InChI is InChI=1S/C9H11N3OS/c1-6(8(13)12-9(10)11)5-7-3-2-4-14-7/h2-5H,1H3,(H4,10,11,12,13)/b6-5+. The summed E-state index contributed by atoms with van der Waals surface area (Å²) in [5.41, 5.74) is 10.7. The largest absolute Gasteiger partial charge is 0.370 e. The number of nitrogens with zero attached hydrogens (tertiary/aromatic N) is 1. The number of nitrogens with two attached hydrogens (primary N) is 2. The van der Waals surface area contributed by atoms with Crippen LogP contribution in [0.2, 0.25) is 0 Å². The lowest BCUT2D eigenvalue weighted by molar-refractivity contribution is -0.114. The summed E-state index contributed by atoms with van der Waals surface area (Å²) in [6.45, 7) is 1.68. The van der Waals surface area contributed by atoms with Crippen LogP contribution in [-0.2, 0) is 4.79 Å². The molecular formula is C9H11N3OS. The van der Waals surface area contributed by atoms with Crippen molar-refractivity contribution in [2.45, 2.75) is 6.92 Å². The number of carbonyl (C=O) groups excluding carboxylic acids is 1. The van der Waals surface area contributed by atoms with Crippen LogP contribution in [0.5, 0.6) is 0 Å². The van der Waals surface area contributed by atoms with Crippen LogP contribution >= 0.6 is 11.3 Å². The van der Waals surface area contributed by atoms with Crippen molar-refractivity contribution in [1.29, 1.82) is 0 Å². The minimum Gasteiger partial charge on any atom is -0.370 e. The van der Waals surface area contributed by atoms with E-state index in [1.165, 1.54) is 0 Å². The summed E-state index contributed by atoms with van der Waals surface area (Å²) in [4.78, 5) is 15.7.